The van der Waals surface area contributed by atoms with Crippen LogP contribution in [0.1, 0.15) is 30.0 Å². The van der Waals surface area contributed by atoms with Crippen LogP contribution in [-0.2, 0) is 13.5 Å². The number of benzene rings is 1. The van der Waals surface area contributed by atoms with Gasteiger partial charge >= 0.3 is 0 Å². The quantitative estimate of drug-likeness (QED) is 0.790. The van der Waals surface area contributed by atoms with E-state index in [-0.39, 0.29) is 0 Å². The third-order valence-electron chi connectivity index (χ3n) is 3.42. The molecule has 6 heteroatoms. The number of hydrogen-bond donors (Lipinski definition) is 1. The fraction of sp³-hybridized carbons (Fsp3) is 0.267. The Bertz CT molecular complexity index is 732. The average molecular weight is 283 g/mol. The molecule has 0 bridgehead atoms. The predicted octanol–water partition coefficient (Wildman–Crippen LogP) is 1.64. The van der Waals surface area contributed by atoms with Crippen LogP contribution in [0.15, 0.2) is 42.7 Å². The Kier molecular flexibility index (Phi) is 3.53. The molecule has 1 atom stereocenters. The summed E-state index contributed by atoms with van der Waals surface area (Å²) in [5, 5.41) is 23.1. The molecule has 0 amide bonds. The molecule has 0 aliphatic rings. The summed E-state index contributed by atoms with van der Waals surface area (Å²) in [6, 6.07) is 9.64. The number of nitrogens with zero attached hydrogens (tertiary/aromatic N) is 5. The van der Waals surface area contributed by atoms with Crippen molar-refractivity contribution >= 4 is 0 Å². The molecule has 0 aliphatic heterocycles. The zero-order valence-corrected chi connectivity index (χ0v) is 12.0. The van der Waals surface area contributed by atoms with Gasteiger partial charge in [-0.15, -0.1) is 5.10 Å². The number of aromatic nitrogens is 5. The lowest BCUT2D eigenvalue weighted by atomic mass is 10.1. The molecule has 0 fully saturated rings. The van der Waals surface area contributed by atoms with Crippen molar-refractivity contribution < 1.29 is 5.11 Å². The standard InChI is InChI=1S/C15H17N5O/c1-3-13-12(10-19(2)17-13)15(21)14-9-16-18-20(14)11-7-5-4-6-8-11/h4-10,15,21H,3H2,1-2H3. The van der Waals surface area contributed by atoms with Gasteiger partial charge in [0.15, 0.2) is 0 Å². The van der Waals surface area contributed by atoms with Crippen molar-refractivity contribution in [2.24, 2.45) is 7.05 Å². The minimum atomic E-state index is -0.802. The summed E-state index contributed by atoms with van der Waals surface area (Å²) in [6.07, 6.45) is 3.39. The Balaban J connectivity index is 2.03. The normalized spacial score (nSPS) is 12.5. The van der Waals surface area contributed by atoms with Gasteiger partial charge in [0.1, 0.15) is 6.10 Å². The second kappa shape index (κ2) is 5.49. The highest BCUT2D eigenvalue weighted by Gasteiger charge is 2.21. The molecular weight excluding hydrogens is 266 g/mol. The molecule has 3 aromatic rings. The van der Waals surface area contributed by atoms with Crippen LogP contribution in [-0.4, -0.2) is 29.9 Å². The zero-order chi connectivity index (χ0) is 14.8. The van der Waals surface area contributed by atoms with E-state index in [9.17, 15) is 5.11 Å². The van der Waals surface area contributed by atoms with Crippen LogP contribution in [0, 0.1) is 0 Å². The number of hydrogen-bond acceptors (Lipinski definition) is 4. The van der Waals surface area contributed by atoms with E-state index in [1.54, 1.807) is 15.6 Å². The Morgan fingerprint density at radius 2 is 2.00 bits per heavy atom. The van der Waals surface area contributed by atoms with Crippen molar-refractivity contribution in [3.05, 3.63) is 59.7 Å². The van der Waals surface area contributed by atoms with Crippen LogP contribution in [0.25, 0.3) is 5.69 Å². The SMILES string of the molecule is CCc1nn(C)cc1C(O)c1cnnn1-c1ccccc1. The number of rotatable bonds is 4. The van der Waals surface area contributed by atoms with Crippen LogP contribution in [0.4, 0.5) is 0 Å². The molecule has 2 aromatic heterocycles. The number of aryl methyl sites for hydroxylation is 2. The number of aliphatic hydroxyl groups excluding tert-OH is 1. The van der Waals surface area contributed by atoms with Gasteiger partial charge in [-0.05, 0) is 18.6 Å². The fourth-order valence-corrected chi connectivity index (χ4v) is 2.41. The van der Waals surface area contributed by atoms with Crippen molar-refractivity contribution in [3.8, 4) is 5.69 Å². The van der Waals surface area contributed by atoms with E-state index >= 15 is 0 Å². The van der Waals surface area contributed by atoms with Crippen molar-refractivity contribution in [2.75, 3.05) is 0 Å². The first-order valence-electron chi connectivity index (χ1n) is 6.87. The zero-order valence-electron chi connectivity index (χ0n) is 12.0. The maximum atomic E-state index is 10.7. The maximum Gasteiger partial charge on any atom is 0.126 e. The molecule has 1 unspecified atom stereocenters. The summed E-state index contributed by atoms with van der Waals surface area (Å²) < 4.78 is 3.37. The van der Waals surface area contributed by atoms with Crippen LogP contribution >= 0.6 is 0 Å². The second-order valence-electron chi connectivity index (χ2n) is 4.87. The summed E-state index contributed by atoms with van der Waals surface area (Å²) in [7, 11) is 1.85. The Morgan fingerprint density at radius 3 is 2.71 bits per heavy atom. The lowest BCUT2D eigenvalue weighted by molar-refractivity contribution is 0.211. The molecule has 1 N–H and O–H groups in total. The first-order valence-corrected chi connectivity index (χ1v) is 6.87. The summed E-state index contributed by atoms with van der Waals surface area (Å²) in [4.78, 5) is 0. The first kappa shape index (κ1) is 13.5. The smallest absolute Gasteiger partial charge is 0.126 e. The van der Waals surface area contributed by atoms with E-state index < -0.39 is 6.10 Å². The van der Waals surface area contributed by atoms with Crippen molar-refractivity contribution in [3.63, 3.8) is 0 Å². The minimum Gasteiger partial charge on any atom is -0.382 e. The molecule has 0 spiro atoms. The average Bonchev–Trinajstić information content (AvgIpc) is 3.13. The number of para-hydroxylation sites is 1. The Labute approximate surface area is 122 Å². The predicted molar refractivity (Wildman–Crippen MR) is 78.0 cm³/mol. The molecule has 6 nitrogen and oxygen atoms in total. The van der Waals surface area contributed by atoms with E-state index in [0.717, 1.165) is 23.4 Å². The second-order valence-corrected chi connectivity index (χ2v) is 4.87. The van der Waals surface area contributed by atoms with E-state index in [1.165, 1.54) is 0 Å². The summed E-state index contributed by atoms with van der Waals surface area (Å²) >= 11 is 0. The molecule has 0 saturated heterocycles. The van der Waals surface area contributed by atoms with E-state index in [0.29, 0.717) is 5.69 Å². The fourth-order valence-electron chi connectivity index (χ4n) is 2.41. The van der Waals surface area contributed by atoms with Gasteiger partial charge in [-0.2, -0.15) is 5.10 Å². The van der Waals surface area contributed by atoms with Gasteiger partial charge in [0.25, 0.3) is 0 Å². The van der Waals surface area contributed by atoms with Crippen LogP contribution in [0.5, 0.6) is 0 Å². The topological polar surface area (TPSA) is 68.8 Å². The first-order chi connectivity index (χ1) is 10.2. The minimum absolute atomic E-state index is 0.629. The van der Waals surface area contributed by atoms with Crippen molar-refractivity contribution in [1.29, 1.82) is 0 Å². The van der Waals surface area contributed by atoms with Gasteiger partial charge in [-0.3, -0.25) is 4.68 Å². The highest BCUT2D eigenvalue weighted by Crippen LogP contribution is 2.25. The van der Waals surface area contributed by atoms with Crippen molar-refractivity contribution in [1.82, 2.24) is 24.8 Å². The summed E-state index contributed by atoms with van der Waals surface area (Å²) in [5.41, 5.74) is 3.17. The highest BCUT2D eigenvalue weighted by atomic mass is 16.3. The largest absolute Gasteiger partial charge is 0.382 e. The molecule has 2 heterocycles. The van der Waals surface area contributed by atoms with Gasteiger partial charge in [0, 0.05) is 18.8 Å². The van der Waals surface area contributed by atoms with Crippen LogP contribution in [0.2, 0.25) is 0 Å². The number of aliphatic hydroxyl groups is 1. The van der Waals surface area contributed by atoms with Gasteiger partial charge < -0.3 is 5.11 Å². The third-order valence-corrected chi connectivity index (χ3v) is 3.42. The monoisotopic (exact) mass is 283 g/mol. The van der Waals surface area contributed by atoms with E-state index in [2.05, 4.69) is 15.4 Å². The van der Waals surface area contributed by atoms with E-state index in [4.69, 9.17) is 0 Å². The molecule has 0 saturated carbocycles. The Hall–Kier alpha value is -2.47. The molecule has 0 aliphatic carbocycles. The van der Waals surface area contributed by atoms with Crippen molar-refractivity contribution in [2.45, 2.75) is 19.4 Å². The third kappa shape index (κ3) is 2.45. The molecule has 3 rings (SSSR count). The van der Waals surface area contributed by atoms with Gasteiger partial charge in [-0.25, -0.2) is 4.68 Å². The Morgan fingerprint density at radius 1 is 1.24 bits per heavy atom. The summed E-state index contributed by atoms with van der Waals surface area (Å²) in [5.74, 6) is 0. The molecular formula is C15H17N5O. The summed E-state index contributed by atoms with van der Waals surface area (Å²) in [6.45, 7) is 2.02. The molecule has 21 heavy (non-hydrogen) atoms. The maximum absolute atomic E-state index is 10.7. The van der Waals surface area contributed by atoms with E-state index in [1.807, 2.05) is 50.5 Å². The van der Waals surface area contributed by atoms with Crippen LogP contribution in [0.3, 0.4) is 0 Å². The van der Waals surface area contributed by atoms with Gasteiger partial charge in [0.05, 0.1) is 23.3 Å². The lowest BCUT2D eigenvalue weighted by Crippen LogP contribution is -2.09. The van der Waals surface area contributed by atoms with Gasteiger partial charge in [-0.1, -0.05) is 30.3 Å². The highest BCUT2D eigenvalue weighted by molar-refractivity contribution is 5.35. The molecule has 1 aromatic carbocycles. The lowest BCUT2D eigenvalue weighted by Gasteiger charge is -2.12. The molecule has 0 radical (unpaired) electrons. The van der Waals surface area contributed by atoms with Crippen LogP contribution < -0.4 is 0 Å². The van der Waals surface area contributed by atoms with Gasteiger partial charge in [0.2, 0.25) is 0 Å². The molecule has 108 valence electrons.